The second-order valence-corrected chi connectivity index (χ2v) is 9.10. The molecule has 0 spiro atoms. The lowest BCUT2D eigenvalue weighted by molar-refractivity contribution is -0.131. The molecule has 0 aliphatic heterocycles. The van der Waals surface area contributed by atoms with E-state index in [2.05, 4.69) is 13.8 Å². The standard InChI is InChI=1S/C15H16N2O3S.C8H16/c1-16(2)17(10-18)9-12-8-13(21-14(12)15(19)20)11-6-4-3-5-7-11;1-7-3-5-8(2)6-4-7/h3-8,10H,9H2,1-2H3,(H,19,20);7-8H,3-6H2,1-2H3. The van der Waals surface area contributed by atoms with Gasteiger partial charge in [0.15, 0.2) is 0 Å². The summed E-state index contributed by atoms with van der Waals surface area (Å²) in [5, 5.41) is 12.4. The molecule has 0 unspecified atom stereocenters. The lowest BCUT2D eigenvalue weighted by atomic mass is 9.84. The summed E-state index contributed by atoms with van der Waals surface area (Å²) in [7, 11) is 3.47. The van der Waals surface area contributed by atoms with E-state index in [1.165, 1.54) is 42.0 Å². The number of hydrogen-bond donors (Lipinski definition) is 1. The van der Waals surface area contributed by atoms with E-state index in [0.29, 0.717) is 12.0 Å². The minimum Gasteiger partial charge on any atom is -0.477 e. The van der Waals surface area contributed by atoms with Crippen LogP contribution in [0, 0.1) is 11.8 Å². The predicted octanol–water partition coefficient (Wildman–Crippen LogP) is 5.38. The lowest BCUT2D eigenvalue weighted by Crippen LogP contribution is -2.35. The summed E-state index contributed by atoms with van der Waals surface area (Å²) in [6.45, 7) is 4.97. The Morgan fingerprint density at radius 2 is 1.66 bits per heavy atom. The number of amides is 1. The maximum Gasteiger partial charge on any atom is 0.346 e. The van der Waals surface area contributed by atoms with Crippen LogP contribution in [0.15, 0.2) is 36.4 Å². The molecular weight excluding hydrogens is 384 g/mol. The first-order valence-corrected chi connectivity index (χ1v) is 10.9. The Kier molecular flexibility index (Phi) is 8.86. The van der Waals surface area contributed by atoms with Crippen molar-refractivity contribution in [3.05, 3.63) is 46.8 Å². The maximum atomic E-state index is 11.4. The van der Waals surface area contributed by atoms with Crippen LogP contribution in [-0.2, 0) is 11.3 Å². The van der Waals surface area contributed by atoms with Crippen molar-refractivity contribution in [3.63, 3.8) is 0 Å². The summed E-state index contributed by atoms with van der Waals surface area (Å²) >= 11 is 1.22. The number of carbonyl (C=O) groups is 2. The Labute approximate surface area is 177 Å². The van der Waals surface area contributed by atoms with Crippen molar-refractivity contribution >= 4 is 23.7 Å². The van der Waals surface area contributed by atoms with Gasteiger partial charge in [-0.15, -0.1) is 11.3 Å². The van der Waals surface area contributed by atoms with Crippen LogP contribution in [-0.4, -0.2) is 41.6 Å². The highest BCUT2D eigenvalue weighted by molar-refractivity contribution is 7.17. The third-order valence-corrected chi connectivity index (χ3v) is 6.55. The van der Waals surface area contributed by atoms with Gasteiger partial charge in [0.2, 0.25) is 6.41 Å². The molecule has 1 heterocycles. The Morgan fingerprint density at radius 1 is 1.10 bits per heavy atom. The number of thiophene rings is 1. The molecule has 1 aromatic carbocycles. The van der Waals surface area contributed by atoms with Gasteiger partial charge in [-0.2, -0.15) is 0 Å². The maximum absolute atomic E-state index is 11.4. The molecule has 0 radical (unpaired) electrons. The molecule has 1 amide bonds. The quantitative estimate of drug-likeness (QED) is 0.507. The summed E-state index contributed by atoms with van der Waals surface area (Å²) in [5.41, 5.74) is 1.60. The van der Waals surface area contributed by atoms with E-state index in [4.69, 9.17) is 0 Å². The first kappa shape index (κ1) is 23.1. The third kappa shape index (κ3) is 6.98. The first-order valence-electron chi connectivity index (χ1n) is 10.1. The fraction of sp³-hybridized carbons (Fsp3) is 0.478. The van der Waals surface area contributed by atoms with Crippen molar-refractivity contribution in [3.8, 4) is 10.4 Å². The molecule has 29 heavy (non-hydrogen) atoms. The minimum absolute atomic E-state index is 0.238. The minimum atomic E-state index is -0.971. The van der Waals surface area contributed by atoms with Gasteiger partial charge in [0.1, 0.15) is 4.88 Å². The van der Waals surface area contributed by atoms with Gasteiger partial charge < -0.3 is 5.11 Å². The number of aromatic carboxylic acids is 1. The number of hydrazine groups is 1. The van der Waals surface area contributed by atoms with Gasteiger partial charge in [0.25, 0.3) is 0 Å². The topological polar surface area (TPSA) is 60.9 Å². The van der Waals surface area contributed by atoms with E-state index in [0.717, 1.165) is 22.3 Å². The highest BCUT2D eigenvalue weighted by Crippen LogP contribution is 2.32. The van der Waals surface area contributed by atoms with Crippen LogP contribution in [0.3, 0.4) is 0 Å². The Bertz CT molecular complexity index is 771. The highest BCUT2D eigenvalue weighted by atomic mass is 32.1. The van der Waals surface area contributed by atoms with Crippen molar-refractivity contribution in [2.24, 2.45) is 11.8 Å². The Morgan fingerprint density at radius 3 is 2.10 bits per heavy atom. The molecule has 2 aromatic rings. The van der Waals surface area contributed by atoms with Crippen LogP contribution in [0.25, 0.3) is 10.4 Å². The van der Waals surface area contributed by atoms with Gasteiger partial charge in [0, 0.05) is 19.0 Å². The van der Waals surface area contributed by atoms with Crippen LogP contribution in [0.2, 0.25) is 0 Å². The SMILES string of the molecule is CC1CCC(C)CC1.CN(C)N(C=O)Cc1cc(-c2ccccc2)sc1C(=O)O. The monoisotopic (exact) mass is 416 g/mol. The molecule has 1 aliphatic rings. The van der Waals surface area contributed by atoms with E-state index >= 15 is 0 Å². The summed E-state index contributed by atoms with van der Waals surface area (Å²) in [6.07, 6.45) is 6.58. The van der Waals surface area contributed by atoms with Crippen molar-refractivity contribution < 1.29 is 14.7 Å². The van der Waals surface area contributed by atoms with Crippen molar-refractivity contribution in [2.75, 3.05) is 14.1 Å². The summed E-state index contributed by atoms with van der Waals surface area (Å²) < 4.78 is 0. The molecule has 1 N–H and O–H groups in total. The Hall–Kier alpha value is -2.18. The zero-order valence-corrected chi connectivity index (χ0v) is 18.6. The summed E-state index contributed by atoms with van der Waals surface area (Å²) in [5.74, 6) is 1.07. The number of rotatable bonds is 6. The second kappa shape index (κ2) is 11.1. The number of carboxylic acids is 1. The molecule has 1 aliphatic carbocycles. The molecule has 6 heteroatoms. The normalized spacial score (nSPS) is 18.7. The van der Waals surface area contributed by atoms with Crippen LogP contribution >= 0.6 is 11.3 Å². The number of carbonyl (C=O) groups excluding carboxylic acids is 1. The Balaban J connectivity index is 0.000000313. The predicted molar refractivity (Wildman–Crippen MR) is 119 cm³/mol. The fourth-order valence-corrected chi connectivity index (χ4v) is 4.36. The molecule has 1 fully saturated rings. The van der Waals surface area contributed by atoms with Crippen molar-refractivity contribution in [1.29, 1.82) is 0 Å². The van der Waals surface area contributed by atoms with Crippen LogP contribution in [0.1, 0.15) is 54.8 Å². The van der Waals surface area contributed by atoms with Gasteiger partial charge in [-0.1, -0.05) is 69.9 Å². The van der Waals surface area contributed by atoms with E-state index in [9.17, 15) is 14.7 Å². The molecule has 0 bridgehead atoms. The van der Waals surface area contributed by atoms with E-state index in [1.54, 1.807) is 19.1 Å². The number of nitrogens with zero attached hydrogens (tertiary/aromatic N) is 2. The third-order valence-electron chi connectivity index (χ3n) is 5.33. The first-order chi connectivity index (χ1) is 13.8. The number of carboxylic acid groups (broad SMARTS) is 1. The molecular formula is C23H32N2O3S. The average Bonchev–Trinajstić information content (AvgIpc) is 3.13. The second-order valence-electron chi connectivity index (χ2n) is 8.05. The molecule has 1 saturated carbocycles. The molecule has 1 aromatic heterocycles. The van der Waals surface area contributed by atoms with E-state index in [1.807, 2.05) is 36.4 Å². The van der Waals surface area contributed by atoms with Crippen molar-refractivity contribution in [1.82, 2.24) is 10.0 Å². The van der Waals surface area contributed by atoms with Gasteiger partial charge in [-0.3, -0.25) is 9.80 Å². The van der Waals surface area contributed by atoms with Gasteiger partial charge in [-0.25, -0.2) is 9.80 Å². The zero-order valence-electron chi connectivity index (χ0n) is 17.8. The smallest absolute Gasteiger partial charge is 0.346 e. The lowest BCUT2D eigenvalue weighted by Gasteiger charge is -2.24. The molecule has 0 saturated heterocycles. The van der Waals surface area contributed by atoms with E-state index < -0.39 is 5.97 Å². The fourth-order valence-electron chi connectivity index (χ4n) is 3.35. The van der Waals surface area contributed by atoms with Gasteiger partial charge >= 0.3 is 5.97 Å². The number of benzene rings is 1. The molecule has 3 rings (SSSR count). The van der Waals surface area contributed by atoms with Crippen LogP contribution in [0.5, 0.6) is 0 Å². The van der Waals surface area contributed by atoms with Gasteiger partial charge in [0.05, 0.1) is 6.54 Å². The average molecular weight is 417 g/mol. The summed E-state index contributed by atoms with van der Waals surface area (Å²) in [6, 6.07) is 11.4. The molecule has 0 atom stereocenters. The van der Waals surface area contributed by atoms with Crippen molar-refractivity contribution in [2.45, 2.75) is 46.1 Å². The molecule has 158 valence electrons. The van der Waals surface area contributed by atoms with E-state index in [-0.39, 0.29) is 11.4 Å². The summed E-state index contributed by atoms with van der Waals surface area (Å²) in [4.78, 5) is 23.6. The molecule has 5 nitrogen and oxygen atoms in total. The van der Waals surface area contributed by atoms with Crippen LogP contribution < -0.4 is 0 Å². The van der Waals surface area contributed by atoms with Crippen LogP contribution in [0.4, 0.5) is 0 Å². The number of hydrogen-bond acceptors (Lipinski definition) is 4. The largest absolute Gasteiger partial charge is 0.477 e. The van der Waals surface area contributed by atoms with Gasteiger partial charge in [-0.05, 0) is 29.0 Å². The zero-order chi connectivity index (χ0) is 21.4. The highest BCUT2D eigenvalue weighted by Gasteiger charge is 2.19.